The molecule has 1 fully saturated rings. The molecule has 1 aromatic carbocycles. The summed E-state index contributed by atoms with van der Waals surface area (Å²) in [7, 11) is 0. The number of fused-ring (bicyclic) bond motifs is 1. The van der Waals surface area contributed by atoms with Crippen LogP contribution in [0, 0.1) is 0 Å². The smallest absolute Gasteiger partial charge is 0.245 e. The molecule has 0 atom stereocenters. The van der Waals surface area contributed by atoms with Gasteiger partial charge in [0.25, 0.3) is 0 Å². The third kappa shape index (κ3) is 3.83. The van der Waals surface area contributed by atoms with E-state index in [1.54, 1.807) is 22.8 Å². The fraction of sp³-hybridized carbons (Fsp3) is 0.400. The van der Waals surface area contributed by atoms with Gasteiger partial charge < -0.3 is 0 Å². The Balaban J connectivity index is 1.83. The first-order valence-corrected chi connectivity index (χ1v) is 11.1. The maximum absolute atomic E-state index is 12.6. The Morgan fingerprint density at radius 1 is 1.07 bits per heavy atom. The van der Waals surface area contributed by atoms with E-state index >= 15 is 0 Å². The van der Waals surface area contributed by atoms with Crippen LogP contribution in [0.25, 0.3) is 0 Å². The summed E-state index contributed by atoms with van der Waals surface area (Å²) in [6.45, 7) is 2.96. The SMILES string of the molecule is CC(=O)N1N=C(c2ccc(Cl)c(Cl)c2)Sc2c1nc(C1CCCCC1)n2C(C)=O. The van der Waals surface area contributed by atoms with Gasteiger partial charge in [-0.2, -0.15) is 10.1 Å². The lowest BCUT2D eigenvalue weighted by Crippen LogP contribution is -2.28. The van der Waals surface area contributed by atoms with Gasteiger partial charge >= 0.3 is 0 Å². The Labute approximate surface area is 183 Å². The highest BCUT2D eigenvalue weighted by molar-refractivity contribution is 8.14. The summed E-state index contributed by atoms with van der Waals surface area (Å²) in [6.07, 6.45) is 5.43. The standard InChI is InChI=1S/C20H20Cl2N4O2S/c1-11(27)25-17(13-6-4-3-5-7-13)23-18-20(25)29-19(24-26(18)12(2)28)14-8-9-15(21)16(22)10-14/h8-10,13H,3-7H2,1-2H3. The van der Waals surface area contributed by atoms with Gasteiger partial charge in [0.05, 0.1) is 10.0 Å². The lowest BCUT2D eigenvalue weighted by atomic mass is 9.88. The second-order valence-electron chi connectivity index (χ2n) is 7.26. The molecule has 2 heterocycles. The Bertz CT molecular complexity index is 1030. The number of carbonyl (C=O) groups is 2. The molecule has 0 radical (unpaired) electrons. The Kier molecular flexibility index (Phi) is 5.73. The number of imidazole rings is 1. The normalized spacial score (nSPS) is 17.1. The molecule has 0 saturated heterocycles. The van der Waals surface area contributed by atoms with Crippen LogP contribution >= 0.6 is 35.0 Å². The molecule has 6 nitrogen and oxygen atoms in total. The summed E-state index contributed by atoms with van der Waals surface area (Å²) in [5.74, 6) is 0.966. The van der Waals surface area contributed by atoms with Crippen LogP contribution in [-0.2, 0) is 4.79 Å². The molecule has 1 aliphatic heterocycles. The summed E-state index contributed by atoms with van der Waals surface area (Å²) in [5, 5.41) is 7.78. The van der Waals surface area contributed by atoms with Crippen molar-refractivity contribution >= 4 is 57.6 Å². The summed E-state index contributed by atoms with van der Waals surface area (Å²) in [5.41, 5.74) is 0.719. The summed E-state index contributed by atoms with van der Waals surface area (Å²) in [6, 6.07) is 5.18. The van der Waals surface area contributed by atoms with E-state index in [2.05, 4.69) is 5.10 Å². The van der Waals surface area contributed by atoms with Crippen LogP contribution in [0.15, 0.2) is 28.3 Å². The van der Waals surface area contributed by atoms with Crippen LogP contribution in [-0.4, -0.2) is 26.4 Å². The molecule has 2 aromatic rings. The van der Waals surface area contributed by atoms with Gasteiger partial charge in [-0.1, -0.05) is 48.5 Å². The molecule has 0 unspecified atom stereocenters. The van der Waals surface area contributed by atoms with Gasteiger partial charge in [-0.25, -0.2) is 4.98 Å². The van der Waals surface area contributed by atoms with Crippen molar-refractivity contribution in [2.45, 2.75) is 56.9 Å². The van der Waals surface area contributed by atoms with Crippen LogP contribution in [0.1, 0.15) is 68.1 Å². The van der Waals surface area contributed by atoms with Crippen molar-refractivity contribution in [1.82, 2.24) is 9.55 Å². The predicted octanol–water partition coefficient (Wildman–Crippen LogP) is 5.72. The average Bonchev–Trinajstić information content (AvgIpc) is 3.09. The number of thioether (sulfide) groups is 1. The summed E-state index contributed by atoms with van der Waals surface area (Å²) >= 11 is 13.5. The van der Waals surface area contributed by atoms with Crippen molar-refractivity contribution in [3.8, 4) is 0 Å². The van der Waals surface area contributed by atoms with E-state index in [-0.39, 0.29) is 17.7 Å². The lowest BCUT2D eigenvalue weighted by molar-refractivity contribution is -0.116. The van der Waals surface area contributed by atoms with E-state index in [0.717, 1.165) is 37.1 Å². The van der Waals surface area contributed by atoms with Crippen molar-refractivity contribution < 1.29 is 9.59 Å². The van der Waals surface area contributed by atoms with Gasteiger partial charge in [0.1, 0.15) is 15.9 Å². The van der Waals surface area contributed by atoms with Crippen LogP contribution in [0.4, 0.5) is 5.82 Å². The van der Waals surface area contributed by atoms with Crippen molar-refractivity contribution in [3.63, 3.8) is 0 Å². The molecular formula is C20H20Cl2N4O2S. The van der Waals surface area contributed by atoms with Crippen molar-refractivity contribution in [1.29, 1.82) is 0 Å². The average molecular weight is 451 g/mol. The summed E-state index contributed by atoms with van der Waals surface area (Å²) < 4.78 is 1.65. The first-order chi connectivity index (χ1) is 13.9. The van der Waals surface area contributed by atoms with Crippen LogP contribution < -0.4 is 5.01 Å². The molecular weight excluding hydrogens is 431 g/mol. The maximum Gasteiger partial charge on any atom is 0.245 e. The predicted molar refractivity (Wildman–Crippen MR) is 116 cm³/mol. The number of benzene rings is 1. The van der Waals surface area contributed by atoms with Crippen molar-refractivity contribution in [2.75, 3.05) is 5.01 Å². The first kappa shape index (κ1) is 20.4. The van der Waals surface area contributed by atoms with Gasteiger partial charge in [-0.05, 0) is 36.7 Å². The third-order valence-electron chi connectivity index (χ3n) is 5.18. The Morgan fingerprint density at radius 3 is 2.41 bits per heavy atom. The molecule has 29 heavy (non-hydrogen) atoms. The van der Waals surface area contributed by atoms with Crippen molar-refractivity contribution in [3.05, 3.63) is 39.6 Å². The number of amides is 1. The van der Waals surface area contributed by atoms with Crippen molar-refractivity contribution in [2.24, 2.45) is 5.10 Å². The molecule has 152 valence electrons. The maximum atomic E-state index is 12.6. The quantitative estimate of drug-likeness (QED) is 0.586. The first-order valence-electron chi connectivity index (χ1n) is 9.53. The topological polar surface area (TPSA) is 67.6 Å². The van der Waals surface area contributed by atoms with E-state index in [0.29, 0.717) is 25.9 Å². The number of hydrogen-bond donors (Lipinski definition) is 0. The molecule has 2 aliphatic rings. The van der Waals surface area contributed by atoms with Crippen LogP contribution in [0.5, 0.6) is 0 Å². The zero-order valence-corrected chi connectivity index (χ0v) is 18.4. The number of nitrogens with zero attached hydrogens (tertiary/aromatic N) is 4. The van der Waals surface area contributed by atoms with E-state index in [1.165, 1.54) is 37.0 Å². The lowest BCUT2D eigenvalue weighted by Gasteiger charge is -2.22. The van der Waals surface area contributed by atoms with Gasteiger partial charge in [0.15, 0.2) is 5.82 Å². The van der Waals surface area contributed by atoms with Gasteiger partial charge in [0.2, 0.25) is 11.8 Å². The molecule has 1 aromatic heterocycles. The fourth-order valence-electron chi connectivity index (χ4n) is 3.79. The number of hydrazone groups is 1. The number of halogens is 2. The van der Waals surface area contributed by atoms with Gasteiger partial charge in [-0.15, -0.1) is 0 Å². The minimum absolute atomic E-state index is 0.120. The minimum atomic E-state index is -0.271. The molecule has 1 aliphatic carbocycles. The number of rotatable bonds is 2. The highest BCUT2D eigenvalue weighted by atomic mass is 35.5. The largest absolute Gasteiger partial charge is 0.274 e. The second-order valence-corrected chi connectivity index (χ2v) is 9.05. The van der Waals surface area contributed by atoms with Gasteiger partial charge in [-0.3, -0.25) is 14.2 Å². The van der Waals surface area contributed by atoms with E-state index < -0.39 is 0 Å². The van der Waals surface area contributed by atoms with E-state index in [9.17, 15) is 9.59 Å². The highest BCUT2D eigenvalue weighted by Crippen LogP contribution is 2.42. The third-order valence-corrected chi connectivity index (χ3v) is 6.99. The number of carbonyl (C=O) groups excluding carboxylic acids is 2. The number of anilines is 1. The number of hydrogen-bond acceptors (Lipinski definition) is 5. The van der Waals surface area contributed by atoms with E-state index in [1.807, 2.05) is 0 Å². The molecule has 1 amide bonds. The monoisotopic (exact) mass is 450 g/mol. The van der Waals surface area contributed by atoms with Gasteiger partial charge in [0, 0.05) is 25.3 Å². The highest BCUT2D eigenvalue weighted by Gasteiger charge is 2.34. The molecule has 0 spiro atoms. The summed E-state index contributed by atoms with van der Waals surface area (Å²) in [4.78, 5) is 29.7. The second kappa shape index (κ2) is 8.13. The minimum Gasteiger partial charge on any atom is -0.274 e. The van der Waals surface area contributed by atoms with Crippen LogP contribution in [0.2, 0.25) is 10.0 Å². The Hall–Kier alpha value is -1.83. The number of aromatic nitrogens is 2. The molecule has 4 rings (SSSR count). The molecule has 0 N–H and O–H groups in total. The zero-order valence-electron chi connectivity index (χ0n) is 16.1. The van der Waals surface area contributed by atoms with E-state index in [4.69, 9.17) is 28.2 Å². The fourth-order valence-corrected chi connectivity index (χ4v) is 5.18. The Morgan fingerprint density at radius 2 is 1.79 bits per heavy atom. The molecule has 1 saturated carbocycles. The molecule has 9 heteroatoms. The molecule has 0 bridgehead atoms. The van der Waals surface area contributed by atoms with Crippen LogP contribution in [0.3, 0.4) is 0 Å². The zero-order chi connectivity index (χ0) is 20.7.